The summed E-state index contributed by atoms with van der Waals surface area (Å²) in [5.74, 6) is -0.304. The van der Waals surface area contributed by atoms with Crippen LogP contribution in [0, 0.1) is 16.0 Å². The van der Waals surface area contributed by atoms with Crippen LogP contribution in [-0.4, -0.2) is 35.6 Å². The van der Waals surface area contributed by atoms with Crippen LogP contribution in [0.15, 0.2) is 65.8 Å². The SMILES string of the molecule is CCOc1cc(/C=N\NC(=O)C(NC(=O)c2ccc(Cl)cc2Cl)C(C)C)ccc1OCc1ccc([N+](=O)[O-])cc1. The third-order valence-electron chi connectivity index (χ3n) is 5.61. The summed E-state index contributed by atoms with van der Waals surface area (Å²) in [5, 5.41) is 18.1. The molecule has 10 nitrogen and oxygen atoms in total. The van der Waals surface area contributed by atoms with Crippen LogP contribution in [0.4, 0.5) is 5.69 Å². The molecule has 0 aliphatic rings. The van der Waals surface area contributed by atoms with E-state index in [4.69, 9.17) is 32.7 Å². The fraction of sp³-hybridized carbons (Fsp3) is 0.250. The van der Waals surface area contributed by atoms with Gasteiger partial charge in [-0.2, -0.15) is 5.10 Å². The van der Waals surface area contributed by atoms with E-state index in [1.54, 1.807) is 50.2 Å². The Balaban J connectivity index is 1.64. The zero-order chi connectivity index (χ0) is 29.2. The lowest BCUT2D eigenvalue weighted by Gasteiger charge is -2.20. The highest BCUT2D eigenvalue weighted by Gasteiger charge is 2.25. The highest BCUT2D eigenvalue weighted by Crippen LogP contribution is 2.29. The third kappa shape index (κ3) is 8.42. The number of nitrogens with one attached hydrogen (secondary N) is 2. The number of nitro benzene ring substituents is 1. The van der Waals surface area contributed by atoms with Crippen molar-refractivity contribution in [3.63, 3.8) is 0 Å². The number of nitrogens with zero attached hydrogens (tertiary/aromatic N) is 2. The topological polar surface area (TPSA) is 132 Å². The first-order valence-electron chi connectivity index (χ1n) is 12.3. The van der Waals surface area contributed by atoms with E-state index >= 15 is 0 Å². The minimum Gasteiger partial charge on any atom is -0.490 e. The summed E-state index contributed by atoms with van der Waals surface area (Å²) < 4.78 is 11.5. The number of hydrogen-bond acceptors (Lipinski definition) is 7. The summed E-state index contributed by atoms with van der Waals surface area (Å²) in [6.45, 7) is 5.99. The molecule has 3 aromatic rings. The Kier molecular flexibility index (Phi) is 10.9. The molecule has 1 unspecified atom stereocenters. The lowest BCUT2D eigenvalue weighted by atomic mass is 10.0. The second kappa shape index (κ2) is 14.3. The van der Waals surface area contributed by atoms with Crippen LogP contribution in [0.1, 0.15) is 42.3 Å². The first-order valence-corrected chi connectivity index (χ1v) is 13.1. The number of amides is 2. The normalized spacial score (nSPS) is 11.8. The maximum atomic E-state index is 12.8. The van der Waals surface area contributed by atoms with Gasteiger partial charge in [0.2, 0.25) is 0 Å². The number of carbonyl (C=O) groups excluding carboxylic acids is 2. The summed E-state index contributed by atoms with van der Waals surface area (Å²) in [5.41, 5.74) is 4.05. The van der Waals surface area contributed by atoms with E-state index in [1.807, 2.05) is 6.92 Å². The van der Waals surface area contributed by atoms with Crippen molar-refractivity contribution in [2.75, 3.05) is 6.61 Å². The monoisotopic (exact) mass is 586 g/mol. The first kappa shape index (κ1) is 30.4. The first-order chi connectivity index (χ1) is 19.1. The molecule has 0 bridgehead atoms. The van der Waals surface area contributed by atoms with Gasteiger partial charge in [0.15, 0.2) is 11.5 Å². The number of rotatable bonds is 12. The van der Waals surface area contributed by atoms with Gasteiger partial charge in [0.05, 0.1) is 28.3 Å². The van der Waals surface area contributed by atoms with Crippen LogP contribution in [0.2, 0.25) is 10.0 Å². The van der Waals surface area contributed by atoms with Crippen molar-refractivity contribution in [2.24, 2.45) is 11.0 Å². The molecular weight excluding hydrogens is 559 g/mol. The van der Waals surface area contributed by atoms with E-state index in [2.05, 4.69) is 15.8 Å². The highest BCUT2D eigenvalue weighted by atomic mass is 35.5. The van der Waals surface area contributed by atoms with Gasteiger partial charge < -0.3 is 14.8 Å². The van der Waals surface area contributed by atoms with Gasteiger partial charge in [-0.25, -0.2) is 5.43 Å². The molecule has 0 aromatic heterocycles. The quantitative estimate of drug-likeness (QED) is 0.157. The zero-order valence-electron chi connectivity index (χ0n) is 22.0. The Labute approximate surface area is 241 Å². The molecule has 0 aliphatic heterocycles. The Morgan fingerprint density at radius 1 is 1.02 bits per heavy atom. The molecule has 0 saturated carbocycles. The molecule has 1 atom stereocenters. The molecular formula is C28H28Cl2N4O6. The van der Waals surface area contributed by atoms with Gasteiger partial charge in [-0.05, 0) is 72.5 Å². The minimum absolute atomic E-state index is 0.00235. The van der Waals surface area contributed by atoms with Crippen molar-refractivity contribution in [1.82, 2.24) is 10.7 Å². The van der Waals surface area contributed by atoms with Crippen LogP contribution < -0.4 is 20.2 Å². The Morgan fingerprint density at radius 3 is 2.38 bits per heavy atom. The van der Waals surface area contributed by atoms with Crippen LogP contribution in [-0.2, 0) is 11.4 Å². The number of halogens is 2. The standard InChI is InChI=1S/C28H28Cl2N4O6/c1-4-39-25-13-19(7-12-24(25)40-16-18-5-9-21(10-6-18)34(37)38)15-31-33-28(36)26(17(2)3)32-27(35)22-11-8-20(29)14-23(22)30/h5-15,17,26H,4,16H2,1-3H3,(H,32,35)(H,33,36)/b31-15-. The van der Waals surface area contributed by atoms with Gasteiger partial charge in [0, 0.05) is 17.2 Å². The predicted octanol–water partition coefficient (Wildman–Crippen LogP) is 5.78. The minimum atomic E-state index is -0.870. The summed E-state index contributed by atoms with van der Waals surface area (Å²) in [7, 11) is 0. The van der Waals surface area contributed by atoms with E-state index in [1.165, 1.54) is 30.5 Å². The maximum Gasteiger partial charge on any atom is 0.269 e. The number of benzene rings is 3. The lowest BCUT2D eigenvalue weighted by Crippen LogP contribution is -2.48. The van der Waals surface area contributed by atoms with Crippen molar-refractivity contribution >= 4 is 46.9 Å². The highest BCUT2D eigenvalue weighted by molar-refractivity contribution is 6.36. The van der Waals surface area contributed by atoms with Crippen LogP contribution in [0.25, 0.3) is 0 Å². The molecule has 40 heavy (non-hydrogen) atoms. The molecule has 0 fully saturated rings. The summed E-state index contributed by atoms with van der Waals surface area (Å²) in [6, 6.07) is 14.8. The van der Waals surface area contributed by atoms with Gasteiger partial charge in [-0.15, -0.1) is 0 Å². The smallest absolute Gasteiger partial charge is 0.269 e. The summed E-state index contributed by atoms with van der Waals surface area (Å²) >= 11 is 12.0. The van der Waals surface area contributed by atoms with Crippen molar-refractivity contribution in [1.29, 1.82) is 0 Å². The molecule has 3 aromatic carbocycles. The molecule has 0 aliphatic carbocycles. The van der Waals surface area contributed by atoms with E-state index < -0.39 is 22.8 Å². The van der Waals surface area contributed by atoms with Crippen molar-refractivity contribution < 1.29 is 24.0 Å². The summed E-state index contributed by atoms with van der Waals surface area (Å²) in [4.78, 5) is 35.9. The largest absolute Gasteiger partial charge is 0.490 e. The van der Waals surface area contributed by atoms with Gasteiger partial charge in [-0.1, -0.05) is 37.0 Å². The van der Waals surface area contributed by atoms with Gasteiger partial charge in [0.1, 0.15) is 12.6 Å². The van der Waals surface area contributed by atoms with E-state index in [0.717, 1.165) is 5.56 Å². The maximum absolute atomic E-state index is 12.8. The van der Waals surface area contributed by atoms with Gasteiger partial charge in [0.25, 0.3) is 17.5 Å². The molecule has 12 heteroatoms. The molecule has 0 saturated heterocycles. The molecule has 2 amide bonds. The van der Waals surface area contributed by atoms with Gasteiger partial charge in [-0.3, -0.25) is 19.7 Å². The van der Waals surface area contributed by atoms with E-state index in [9.17, 15) is 19.7 Å². The Bertz CT molecular complexity index is 1400. The Hall–Kier alpha value is -4.15. The number of non-ortho nitro benzene ring substituents is 1. The van der Waals surface area contributed by atoms with Crippen LogP contribution >= 0.6 is 23.2 Å². The van der Waals surface area contributed by atoms with Crippen molar-refractivity contribution in [3.05, 3.63) is 97.5 Å². The predicted molar refractivity (Wildman–Crippen MR) is 153 cm³/mol. The van der Waals surface area contributed by atoms with E-state index in [0.29, 0.717) is 28.7 Å². The van der Waals surface area contributed by atoms with Crippen molar-refractivity contribution in [3.8, 4) is 11.5 Å². The Morgan fingerprint density at radius 2 is 1.75 bits per heavy atom. The second-order valence-corrected chi connectivity index (χ2v) is 9.75. The lowest BCUT2D eigenvalue weighted by molar-refractivity contribution is -0.384. The van der Waals surface area contributed by atoms with E-state index in [-0.39, 0.29) is 28.8 Å². The number of hydrogen-bond donors (Lipinski definition) is 2. The molecule has 0 radical (unpaired) electrons. The average Bonchev–Trinajstić information content (AvgIpc) is 2.91. The van der Waals surface area contributed by atoms with Crippen molar-refractivity contribution in [2.45, 2.75) is 33.4 Å². The summed E-state index contributed by atoms with van der Waals surface area (Å²) in [6.07, 6.45) is 1.44. The molecule has 0 spiro atoms. The van der Waals surface area contributed by atoms with Gasteiger partial charge >= 0.3 is 0 Å². The molecule has 210 valence electrons. The van der Waals surface area contributed by atoms with Crippen LogP contribution in [0.3, 0.4) is 0 Å². The van der Waals surface area contributed by atoms with Crippen LogP contribution in [0.5, 0.6) is 11.5 Å². The fourth-order valence-electron chi connectivity index (χ4n) is 3.54. The number of carbonyl (C=O) groups is 2. The number of hydrazone groups is 1. The number of nitro groups is 1. The fourth-order valence-corrected chi connectivity index (χ4v) is 4.03. The zero-order valence-corrected chi connectivity index (χ0v) is 23.5. The molecule has 2 N–H and O–H groups in total. The molecule has 3 rings (SSSR count). The second-order valence-electron chi connectivity index (χ2n) is 8.90. The number of ether oxygens (including phenoxy) is 2. The molecule has 0 heterocycles. The third-order valence-corrected chi connectivity index (χ3v) is 6.16. The average molecular weight is 587 g/mol.